The maximum absolute atomic E-state index is 12.9. The van der Waals surface area contributed by atoms with Gasteiger partial charge in [0.1, 0.15) is 5.82 Å². The summed E-state index contributed by atoms with van der Waals surface area (Å²) in [6.45, 7) is 0. The molecule has 2 aromatic rings. The zero-order chi connectivity index (χ0) is 11.0. The van der Waals surface area contributed by atoms with Gasteiger partial charge < -0.3 is 4.57 Å². The lowest BCUT2D eigenvalue weighted by Crippen LogP contribution is -1.92. The van der Waals surface area contributed by atoms with Crippen molar-refractivity contribution >= 4 is 23.8 Å². The Kier molecular flexibility index (Phi) is 2.58. The van der Waals surface area contributed by atoms with Gasteiger partial charge >= 0.3 is 0 Å². The van der Waals surface area contributed by atoms with E-state index in [0.717, 1.165) is 5.56 Å². The largest absolute Gasteiger partial charge is 0.303 e. The van der Waals surface area contributed by atoms with Crippen molar-refractivity contribution in [2.75, 3.05) is 0 Å². The lowest BCUT2D eigenvalue weighted by molar-refractivity contribution is 0.628. The van der Waals surface area contributed by atoms with Crippen LogP contribution in [-0.2, 0) is 7.05 Å². The first kappa shape index (κ1) is 10.3. The second-order valence-electron chi connectivity index (χ2n) is 3.04. The highest BCUT2D eigenvalue weighted by molar-refractivity contribution is 7.71. The van der Waals surface area contributed by atoms with Crippen LogP contribution in [0.25, 0.3) is 11.4 Å². The van der Waals surface area contributed by atoms with Crippen LogP contribution in [-0.4, -0.2) is 14.8 Å². The molecule has 0 saturated heterocycles. The summed E-state index contributed by atoms with van der Waals surface area (Å²) in [5.41, 5.74) is 0.719. The minimum Gasteiger partial charge on any atom is -0.303 e. The van der Waals surface area contributed by atoms with Gasteiger partial charge in [0.05, 0.1) is 5.02 Å². The van der Waals surface area contributed by atoms with E-state index in [0.29, 0.717) is 10.6 Å². The molecule has 0 aliphatic heterocycles. The summed E-state index contributed by atoms with van der Waals surface area (Å²) >= 11 is 10.6. The molecule has 0 unspecified atom stereocenters. The molecule has 0 atom stereocenters. The number of nitrogens with zero attached hydrogens (tertiary/aromatic N) is 2. The molecule has 1 heterocycles. The number of benzene rings is 1. The van der Waals surface area contributed by atoms with Gasteiger partial charge in [-0.1, -0.05) is 11.6 Å². The molecule has 1 aromatic carbocycles. The van der Waals surface area contributed by atoms with E-state index in [4.69, 9.17) is 23.8 Å². The summed E-state index contributed by atoms with van der Waals surface area (Å²) in [7, 11) is 1.78. The monoisotopic (exact) mass is 243 g/mol. The molecule has 0 aliphatic rings. The highest BCUT2D eigenvalue weighted by atomic mass is 35.5. The molecule has 3 nitrogen and oxygen atoms in total. The predicted molar refractivity (Wildman–Crippen MR) is 58.8 cm³/mol. The van der Waals surface area contributed by atoms with Crippen molar-refractivity contribution in [1.29, 1.82) is 0 Å². The highest BCUT2D eigenvalue weighted by Crippen LogP contribution is 2.22. The Labute approximate surface area is 95.5 Å². The number of hydrogen-bond acceptors (Lipinski definition) is 2. The third kappa shape index (κ3) is 1.80. The van der Waals surface area contributed by atoms with Crippen LogP contribution in [0.4, 0.5) is 4.39 Å². The number of nitrogens with one attached hydrogen (secondary N) is 1. The quantitative estimate of drug-likeness (QED) is 0.782. The van der Waals surface area contributed by atoms with Crippen LogP contribution in [0.5, 0.6) is 0 Å². The lowest BCUT2D eigenvalue weighted by Gasteiger charge is -2.01. The Balaban J connectivity index is 2.59. The summed E-state index contributed by atoms with van der Waals surface area (Å²) < 4.78 is 15.1. The smallest absolute Gasteiger partial charge is 0.195 e. The second kappa shape index (κ2) is 3.75. The maximum Gasteiger partial charge on any atom is 0.195 e. The Morgan fingerprint density at radius 1 is 1.53 bits per heavy atom. The van der Waals surface area contributed by atoms with Gasteiger partial charge in [0.2, 0.25) is 0 Å². The fourth-order valence-corrected chi connectivity index (χ4v) is 1.55. The van der Waals surface area contributed by atoms with Gasteiger partial charge in [-0.25, -0.2) is 4.39 Å². The van der Waals surface area contributed by atoms with Crippen molar-refractivity contribution < 1.29 is 4.39 Å². The summed E-state index contributed by atoms with van der Waals surface area (Å²) in [6.07, 6.45) is 0. The Morgan fingerprint density at radius 2 is 2.27 bits per heavy atom. The molecule has 0 spiro atoms. The Morgan fingerprint density at radius 3 is 2.80 bits per heavy atom. The van der Waals surface area contributed by atoms with Crippen LogP contribution in [0, 0.1) is 10.6 Å². The normalized spacial score (nSPS) is 10.6. The Bertz CT molecular complexity index is 561. The zero-order valence-electron chi connectivity index (χ0n) is 7.79. The molecule has 78 valence electrons. The molecule has 15 heavy (non-hydrogen) atoms. The summed E-state index contributed by atoms with van der Waals surface area (Å²) in [5.74, 6) is 0.180. The third-order valence-corrected chi connectivity index (χ3v) is 2.71. The fourth-order valence-electron chi connectivity index (χ4n) is 1.24. The van der Waals surface area contributed by atoms with Gasteiger partial charge in [-0.2, -0.15) is 5.10 Å². The van der Waals surface area contributed by atoms with Gasteiger partial charge in [0.25, 0.3) is 0 Å². The molecule has 0 saturated carbocycles. The molecule has 0 aliphatic carbocycles. The standard InChI is InChI=1S/C9H7ClFN3S/c1-14-8(12-13-9(14)15)5-2-3-7(11)6(10)4-5/h2-4H,1H3,(H,13,15). The first-order valence-electron chi connectivity index (χ1n) is 4.16. The van der Waals surface area contributed by atoms with Crippen molar-refractivity contribution in [1.82, 2.24) is 14.8 Å². The van der Waals surface area contributed by atoms with Crippen molar-refractivity contribution in [3.8, 4) is 11.4 Å². The first-order valence-corrected chi connectivity index (χ1v) is 4.95. The van der Waals surface area contributed by atoms with Crippen molar-refractivity contribution in [3.63, 3.8) is 0 Å². The van der Waals surface area contributed by atoms with E-state index in [9.17, 15) is 4.39 Å². The predicted octanol–water partition coefficient (Wildman–Crippen LogP) is 2.94. The number of rotatable bonds is 1. The van der Waals surface area contributed by atoms with E-state index in [2.05, 4.69) is 10.2 Å². The molecular weight excluding hydrogens is 237 g/mol. The third-order valence-electron chi connectivity index (χ3n) is 2.06. The van der Waals surface area contributed by atoms with E-state index in [-0.39, 0.29) is 5.02 Å². The fraction of sp³-hybridized carbons (Fsp3) is 0.111. The van der Waals surface area contributed by atoms with E-state index in [1.165, 1.54) is 12.1 Å². The van der Waals surface area contributed by atoms with Crippen LogP contribution < -0.4 is 0 Å². The van der Waals surface area contributed by atoms with E-state index in [1.807, 2.05) is 0 Å². The average molecular weight is 244 g/mol. The molecule has 0 bridgehead atoms. The highest BCUT2D eigenvalue weighted by Gasteiger charge is 2.07. The van der Waals surface area contributed by atoms with E-state index < -0.39 is 5.82 Å². The second-order valence-corrected chi connectivity index (χ2v) is 3.83. The van der Waals surface area contributed by atoms with E-state index in [1.54, 1.807) is 17.7 Å². The maximum atomic E-state index is 12.9. The molecular formula is C9H7ClFN3S. The topological polar surface area (TPSA) is 33.6 Å². The summed E-state index contributed by atoms with van der Waals surface area (Å²) in [4.78, 5) is 0. The van der Waals surface area contributed by atoms with Crippen molar-refractivity contribution in [3.05, 3.63) is 33.8 Å². The van der Waals surface area contributed by atoms with Crippen LogP contribution in [0.2, 0.25) is 5.02 Å². The van der Waals surface area contributed by atoms with Gasteiger partial charge in [-0.3, -0.25) is 5.10 Å². The van der Waals surface area contributed by atoms with Gasteiger partial charge in [-0.15, -0.1) is 0 Å². The Hall–Kier alpha value is -1.20. The molecule has 1 N–H and O–H groups in total. The van der Waals surface area contributed by atoms with Gasteiger partial charge in [0.15, 0.2) is 10.6 Å². The number of halogens is 2. The molecule has 6 heteroatoms. The van der Waals surface area contributed by atoms with Crippen LogP contribution in [0.15, 0.2) is 18.2 Å². The molecule has 0 radical (unpaired) electrons. The minimum absolute atomic E-state index is 0.0708. The number of aromatic nitrogens is 3. The van der Waals surface area contributed by atoms with Gasteiger partial charge in [0, 0.05) is 12.6 Å². The number of H-pyrrole nitrogens is 1. The molecule has 0 fully saturated rings. The van der Waals surface area contributed by atoms with E-state index >= 15 is 0 Å². The van der Waals surface area contributed by atoms with Crippen molar-refractivity contribution in [2.24, 2.45) is 7.05 Å². The minimum atomic E-state index is -0.447. The molecule has 0 amide bonds. The summed E-state index contributed by atoms with van der Waals surface area (Å²) in [6, 6.07) is 4.42. The van der Waals surface area contributed by atoms with Gasteiger partial charge in [-0.05, 0) is 30.4 Å². The first-order chi connectivity index (χ1) is 7.09. The SMILES string of the molecule is Cn1c(-c2ccc(F)c(Cl)c2)n[nH]c1=S. The van der Waals surface area contributed by atoms with Crippen LogP contribution in [0.3, 0.4) is 0 Å². The number of hydrogen-bond donors (Lipinski definition) is 1. The van der Waals surface area contributed by atoms with Crippen LogP contribution >= 0.6 is 23.8 Å². The van der Waals surface area contributed by atoms with Crippen LogP contribution in [0.1, 0.15) is 0 Å². The summed E-state index contributed by atoms with van der Waals surface area (Å²) in [5, 5.41) is 6.74. The lowest BCUT2D eigenvalue weighted by atomic mass is 10.2. The molecule has 2 rings (SSSR count). The zero-order valence-corrected chi connectivity index (χ0v) is 9.36. The molecule has 1 aromatic heterocycles. The van der Waals surface area contributed by atoms with Crippen molar-refractivity contribution in [2.45, 2.75) is 0 Å². The average Bonchev–Trinajstić information content (AvgIpc) is 2.53. The number of aromatic amines is 1.